The van der Waals surface area contributed by atoms with Crippen molar-refractivity contribution in [3.05, 3.63) is 10.1 Å². The predicted octanol–water partition coefficient (Wildman–Crippen LogP) is 2.25. The van der Waals surface area contributed by atoms with E-state index in [1.165, 1.54) is 0 Å². The van der Waals surface area contributed by atoms with Crippen molar-refractivity contribution in [2.75, 3.05) is 6.54 Å². The average Bonchev–Trinajstić information content (AvgIpc) is 3.06. The maximum atomic E-state index is 12.1. The molecule has 4 aliphatic carbocycles. The van der Waals surface area contributed by atoms with E-state index < -0.39 is 36.3 Å². The Labute approximate surface area is 207 Å². The Balaban J connectivity index is 1.28. The fraction of sp³-hybridized carbons (Fsp3) is 1.00. The van der Waals surface area contributed by atoms with Gasteiger partial charge in [0.05, 0.1) is 17.8 Å². The van der Waals surface area contributed by atoms with Gasteiger partial charge in [0.2, 0.25) is 6.54 Å². The first-order valence-corrected chi connectivity index (χ1v) is 13.6. The van der Waals surface area contributed by atoms with Crippen LogP contribution in [0.3, 0.4) is 0 Å². The lowest BCUT2D eigenvalue weighted by Gasteiger charge is -2.63. The Kier molecular flexibility index (Phi) is 6.54. The van der Waals surface area contributed by atoms with Crippen molar-refractivity contribution in [1.29, 1.82) is 0 Å². The molecule has 1 heterocycles. The van der Waals surface area contributed by atoms with Crippen LogP contribution in [0.15, 0.2) is 0 Å². The number of ether oxygens (including phenoxy) is 2. The summed E-state index contributed by atoms with van der Waals surface area (Å²) in [5.41, 5.74) is -1.14. The predicted molar refractivity (Wildman–Crippen MR) is 126 cm³/mol. The average molecular weight is 498 g/mol. The molecule has 4 N–H and O–H groups in total. The first-order valence-electron chi connectivity index (χ1n) is 13.6. The number of nitro groups is 1. The summed E-state index contributed by atoms with van der Waals surface area (Å²) in [4.78, 5) is 11.1. The summed E-state index contributed by atoms with van der Waals surface area (Å²) in [6.07, 6.45) is 2.38. The van der Waals surface area contributed by atoms with E-state index in [-0.39, 0.29) is 40.2 Å². The van der Waals surface area contributed by atoms with E-state index in [2.05, 4.69) is 13.8 Å². The van der Waals surface area contributed by atoms with Crippen LogP contribution < -0.4 is 0 Å². The van der Waals surface area contributed by atoms with Crippen LogP contribution in [-0.4, -0.2) is 74.3 Å². The number of nitrogens with zero attached hydrogens (tertiary/aromatic N) is 1. The van der Waals surface area contributed by atoms with Crippen LogP contribution in [0, 0.1) is 44.6 Å². The highest BCUT2D eigenvalue weighted by Gasteiger charge is 2.68. The van der Waals surface area contributed by atoms with Crippen LogP contribution in [0.1, 0.15) is 78.6 Å². The zero-order chi connectivity index (χ0) is 25.3. The molecule has 0 unspecified atom stereocenters. The van der Waals surface area contributed by atoms with Crippen LogP contribution in [0.2, 0.25) is 0 Å². The molecule has 4 saturated carbocycles. The SMILES string of the molecule is C[C@@H]1O[C@@H](O[C@H]2CC[C@@]3(C)[C@H](CC[C@@H]4[C@@H]3CC[C@]3(C)[C@@H](C[N+](=O)[O-])CC[C@]43O)C2)[C@H](O)[C@H](O)[C@H]1O. The van der Waals surface area contributed by atoms with Crippen LogP contribution in [-0.2, 0) is 9.47 Å². The number of rotatable bonds is 4. The molecule has 5 aliphatic rings. The fourth-order valence-electron chi connectivity index (χ4n) is 9.21. The van der Waals surface area contributed by atoms with E-state index in [1.54, 1.807) is 6.92 Å². The summed E-state index contributed by atoms with van der Waals surface area (Å²) in [7, 11) is 0. The lowest BCUT2D eigenvalue weighted by molar-refractivity contribution is -0.492. The van der Waals surface area contributed by atoms with Gasteiger partial charge >= 0.3 is 0 Å². The molecule has 0 aromatic heterocycles. The monoisotopic (exact) mass is 497 g/mol. The van der Waals surface area contributed by atoms with Crippen molar-refractivity contribution >= 4 is 0 Å². The lowest BCUT2D eigenvalue weighted by atomic mass is 9.43. The van der Waals surface area contributed by atoms with Gasteiger partial charge in [-0.05, 0) is 87.9 Å². The van der Waals surface area contributed by atoms with Gasteiger partial charge in [-0.25, -0.2) is 0 Å². The maximum Gasteiger partial charge on any atom is 0.207 e. The van der Waals surface area contributed by atoms with Gasteiger partial charge in [0.1, 0.15) is 18.3 Å². The molecule has 0 amide bonds. The van der Waals surface area contributed by atoms with Crippen molar-refractivity contribution in [1.82, 2.24) is 0 Å². The summed E-state index contributed by atoms with van der Waals surface area (Å²) in [5, 5.41) is 53.9. The third-order valence-corrected chi connectivity index (χ3v) is 11.5. The quantitative estimate of drug-likeness (QED) is 0.263. The summed E-state index contributed by atoms with van der Waals surface area (Å²) >= 11 is 0. The van der Waals surface area contributed by atoms with E-state index in [4.69, 9.17) is 9.47 Å². The van der Waals surface area contributed by atoms with Gasteiger partial charge in [-0.3, -0.25) is 10.1 Å². The molecule has 1 aliphatic heterocycles. The van der Waals surface area contributed by atoms with Gasteiger partial charge in [-0.15, -0.1) is 0 Å². The third kappa shape index (κ3) is 3.87. The van der Waals surface area contributed by atoms with Crippen LogP contribution in [0.4, 0.5) is 0 Å². The second kappa shape index (κ2) is 8.88. The molecule has 0 aromatic rings. The number of hydrogen-bond acceptors (Lipinski definition) is 8. The molecular weight excluding hydrogens is 454 g/mol. The molecule has 0 radical (unpaired) electrons. The first-order chi connectivity index (χ1) is 16.4. The Bertz CT molecular complexity index is 827. The number of aliphatic hydroxyl groups is 4. The van der Waals surface area contributed by atoms with Gasteiger partial charge < -0.3 is 29.9 Å². The van der Waals surface area contributed by atoms with Crippen LogP contribution in [0.25, 0.3) is 0 Å². The molecule has 5 rings (SSSR count). The number of fused-ring (bicyclic) bond motifs is 5. The normalized spacial score (nSPS) is 56.1. The molecule has 35 heavy (non-hydrogen) atoms. The van der Waals surface area contributed by atoms with Gasteiger partial charge in [0.25, 0.3) is 0 Å². The molecule has 0 bridgehead atoms. The Morgan fingerprint density at radius 3 is 2.43 bits per heavy atom. The molecular formula is C26H43NO8. The molecule has 1 saturated heterocycles. The summed E-state index contributed by atoms with van der Waals surface area (Å²) in [6.45, 7) is 6.09. The Morgan fingerprint density at radius 2 is 1.71 bits per heavy atom. The highest BCUT2D eigenvalue weighted by atomic mass is 16.7. The van der Waals surface area contributed by atoms with Crippen molar-refractivity contribution < 1.29 is 34.8 Å². The van der Waals surface area contributed by atoms with Crippen molar-refractivity contribution in [3.8, 4) is 0 Å². The number of hydrogen-bond donors (Lipinski definition) is 4. The summed E-state index contributed by atoms with van der Waals surface area (Å²) in [5.74, 6) is 0.942. The van der Waals surface area contributed by atoms with Gasteiger partial charge in [0.15, 0.2) is 6.29 Å². The molecule has 9 heteroatoms. The minimum absolute atomic E-state index is 0.0471. The second-order valence-corrected chi connectivity index (χ2v) is 12.8. The molecule has 200 valence electrons. The van der Waals surface area contributed by atoms with Crippen LogP contribution in [0.5, 0.6) is 0 Å². The molecule has 0 spiro atoms. The van der Waals surface area contributed by atoms with E-state index >= 15 is 0 Å². The van der Waals surface area contributed by atoms with Crippen LogP contribution >= 0.6 is 0 Å². The second-order valence-electron chi connectivity index (χ2n) is 12.8. The zero-order valence-corrected chi connectivity index (χ0v) is 21.2. The fourth-order valence-corrected chi connectivity index (χ4v) is 9.21. The molecule has 13 atom stereocenters. The minimum Gasteiger partial charge on any atom is -0.389 e. The topological polar surface area (TPSA) is 143 Å². The number of aliphatic hydroxyl groups excluding tert-OH is 3. The third-order valence-electron chi connectivity index (χ3n) is 11.5. The van der Waals surface area contributed by atoms with Crippen molar-refractivity contribution in [2.24, 2.45) is 34.5 Å². The lowest BCUT2D eigenvalue weighted by Crippen LogP contribution is -2.63. The Morgan fingerprint density at radius 1 is 0.971 bits per heavy atom. The highest BCUT2D eigenvalue weighted by Crippen LogP contribution is 2.69. The smallest absolute Gasteiger partial charge is 0.207 e. The zero-order valence-electron chi connectivity index (χ0n) is 21.2. The van der Waals surface area contributed by atoms with Crippen molar-refractivity contribution in [3.63, 3.8) is 0 Å². The van der Waals surface area contributed by atoms with E-state index in [0.29, 0.717) is 18.3 Å². The highest BCUT2D eigenvalue weighted by molar-refractivity contribution is 5.16. The molecule has 5 fully saturated rings. The van der Waals surface area contributed by atoms with E-state index in [1.807, 2.05) is 0 Å². The molecule has 0 aromatic carbocycles. The summed E-state index contributed by atoms with van der Waals surface area (Å²) < 4.78 is 11.8. The molecule has 9 nitrogen and oxygen atoms in total. The van der Waals surface area contributed by atoms with Gasteiger partial charge in [0, 0.05) is 16.3 Å². The largest absolute Gasteiger partial charge is 0.389 e. The van der Waals surface area contributed by atoms with Crippen molar-refractivity contribution in [2.45, 2.75) is 121 Å². The van der Waals surface area contributed by atoms with Gasteiger partial charge in [-0.2, -0.15) is 0 Å². The standard InChI is InChI=1S/C26H43NO8/c1-14-20(28)21(29)22(30)23(34-14)35-17-7-9-24(2)15(12-17)4-5-19-18(24)8-10-25(3)16(13-27(32)33)6-11-26(19,25)31/h14-23,28-31H,4-13H2,1-3H3/t14-,15+,16+,17-,18-,19+,20-,21+,22+,23-,24-,25+,26-/m0/s1. The summed E-state index contributed by atoms with van der Waals surface area (Å²) in [6, 6.07) is 0. The van der Waals surface area contributed by atoms with Gasteiger partial charge in [-0.1, -0.05) is 13.8 Å². The van der Waals surface area contributed by atoms with E-state index in [0.717, 1.165) is 51.4 Å². The minimum atomic E-state index is -1.30. The first kappa shape index (κ1) is 25.8. The Hall–Kier alpha value is -0.840. The van der Waals surface area contributed by atoms with E-state index in [9.17, 15) is 30.5 Å². The maximum absolute atomic E-state index is 12.1.